The predicted octanol–water partition coefficient (Wildman–Crippen LogP) is 1.70. The second kappa shape index (κ2) is 4.83. The largest absolute Gasteiger partial charge is 0.393 e. The van der Waals surface area contributed by atoms with Gasteiger partial charge in [0, 0.05) is 0 Å². The highest BCUT2D eigenvalue weighted by Gasteiger charge is 2.27. The third kappa shape index (κ3) is 2.76. The highest BCUT2D eigenvalue weighted by atomic mass is 16.3. The molecule has 0 aromatic heterocycles. The summed E-state index contributed by atoms with van der Waals surface area (Å²) in [4.78, 5) is 0. The van der Waals surface area contributed by atoms with Gasteiger partial charge in [0.25, 0.3) is 0 Å². The SMILES string of the molecule is CCCCC1CC(O)CCC1O. The minimum Gasteiger partial charge on any atom is -0.393 e. The Kier molecular flexibility index (Phi) is 4.02. The monoisotopic (exact) mass is 172 g/mol. The molecule has 3 unspecified atom stereocenters. The van der Waals surface area contributed by atoms with Crippen LogP contribution in [0.15, 0.2) is 0 Å². The number of hydrogen-bond acceptors (Lipinski definition) is 2. The summed E-state index contributed by atoms with van der Waals surface area (Å²) in [6.07, 6.45) is 5.50. The van der Waals surface area contributed by atoms with E-state index in [1.54, 1.807) is 0 Å². The van der Waals surface area contributed by atoms with Crippen molar-refractivity contribution in [2.24, 2.45) is 5.92 Å². The number of aliphatic hydroxyl groups excluding tert-OH is 2. The normalized spacial score (nSPS) is 36.8. The van der Waals surface area contributed by atoms with Crippen molar-refractivity contribution in [1.82, 2.24) is 0 Å². The smallest absolute Gasteiger partial charge is 0.0570 e. The molecule has 72 valence electrons. The van der Waals surface area contributed by atoms with Gasteiger partial charge in [0.15, 0.2) is 0 Å². The van der Waals surface area contributed by atoms with Crippen molar-refractivity contribution in [2.75, 3.05) is 0 Å². The van der Waals surface area contributed by atoms with Gasteiger partial charge >= 0.3 is 0 Å². The zero-order chi connectivity index (χ0) is 8.97. The zero-order valence-corrected chi connectivity index (χ0v) is 7.87. The third-order valence-corrected chi connectivity index (χ3v) is 2.84. The lowest BCUT2D eigenvalue weighted by atomic mass is 9.82. The first-order valence-electron chi connectivity index (χ1n) is 5.10. The van der Waals surface area contributed by atoms with Crippen LogP contribution in [0, 0.1) is 5.92 Å². The van der Waals surface area contributed by atoms with Crippen molar-refractivity contribution < 1.29 is 10.2 Å². The number of rotatable bonds is 3. The van der Waals surface area contributed by atoms with Crippen LogP contribution in [0.2, 0.25) is 0 Å². The van der Waals surface area contributed by atoms with Gasteiger partial charge in [-0.15, -0.1) is 0 Å². The molecule has 0 radical (unpaired) electrons. The first-order valence-corrected chi connectivity index (χ1v) is 5.10. The minimum atomic E-state index is -0.157. The van der Waals surface area contributed by atoms with E-state index in [1.165, 1.54) is 12.8 Å². The predicted molar refractivity (Wildman–Crippen MR) is 48.9 cm³/mol. The van der Waals surface area contributed by atoms with E-state index in [1.807, 2.05) is 0 Å². The van der Waals surface area contributed by atoms with E-state index in [0.717, 1.165) is 25.7 Å². The van der Waals surface area contributed by atoms with Crippen LogP contribution in [0.5, 0.6) is 0 Å². The van der Waals surface area contributed by atoms with Crippen molar-refractivity contribution in [2.45, 2.75) is 57.7 Å². The average Bonchev–Trinajstić information content (AvgIpc) is 2.07. The average molecular weight is 172 g/mol. The maximum atomic E-state index is 9.60. The lowest BCUT2D eigenvalue weighted by molar-refractivity contribution is 0.00311. The topological polar surface area (TPSA) is 40.5 Å². The van der Waals surface area contributed by atoms with Gasteiger partial charge in [-0.2, -0.15) is 0 Å². The second-order valence-corrected chi connectivity index (χ2v) is 3.94. The molecule has 0 amide bonds. The van der Waals surface area contributed by atoms with Gasteiger partial charge in [0.05, 0.1) is 12.2 Å². The third-order valence-electron chi connectivity index (χ3n) is 2.84. The van der Waals surface area contributed by atoms with Crippen molar-refractivity contribution in [1.29, 1.82) is 0 Å². The number of hydrogen-bond donors (Lipinski definition) is 2. The molecule has 0 heterocycles. The Morgan fingerprint density at radius 1 is 1.25 bits per heavy atom. The molecular weight excluding hydrogens is 152 g/mol. The summed E-state index contributed by atoms with van der Waals surface area (Å²) in [6.45, 7) is 2.16. The highest BCUT2D eigenvalue weighted by molar-refractivity contribution is 4.79. The Morgan fingerprint density at radius 2 is 2.00 bits per heavy atom. The summed E-state index contributed by atoms with van der Waals surface area (Å²) in [5, 5.41) is 19.0. The Labute approximate surface area is 74.6 Å². The molecule has 0 aromatic carbocycles. The fraction of sp³-hybridized carbons (Fsp3) is 1.00. The highest BCUT2D eigenvalue weighted by Crippen LogP contribution is 2.28. The molecule has 1 aliphatic carbocycles. The number of unbranched alkanes of at least 4 members (excludes halogenated alkanes) is 1. The molecular formula is C10H20O2. The van der Waals surface area contributed by atoms with Crippen LogP contribution in [0.1, 0.15) is 45.4 Å². The lowest BCUT2D eigenvalue weighted by Gasteiger charge is -2.30. The van der Waals surface area contributed by atoms with Gasteiger partial charge < -0.3 is 10.2 Å². The summed E-state index contributed by atoms with van der Waals surface area (Å²) in [6, 6.07) is 0. The van der Waals surface area contributed by atoms with E-state index in [0.29, 0.717) is 5.92 Å². The lowest BCUT2D eigenvalue weighted by Crippen LogP contribution is -2.31. The van der Waals surface area contributed by atoms with E-state index in [2.05, 4.69) is 6.92 Å². The van der Waals surface area contributed by atoms with Crippen LogP contribution in [0.3, 0.4) is 0 Å². The second-order valence-electron chi connectivity index (χ2n) is 3.94. The van der Waals surface area contributed by atoms with Crippen LogP contribution in [-0.2, 0) is 0 Å². The maximum absolute atomic E-state index is 9.60. The molecule has 1 aliphatic rings. The van der Waals surface area contributed by atoms with Crippen molar-refractivity contribution in [3.05, 3.63) is 0 Å². The molecule has 0 saturated heterocycles. The molecule has 1 fully saturated rings. The standard InChI is InChI=1S/C10H20O2/c1-2-3-4-8-7-9(11)5-6-10(8)12/h8-12H,2-7H2,1H3. The fourth-order valence-corrected chi connectivity index (χ4v) is 2.00. The molecule has 12 heavy (non-hydrogen) atoms. The zero-order valence-electron chi connectivity index (χ0n) is 7.87. The van der Waals surface area contributed by atoms with Crippen LogP contribution < -0.4 is 0 Å². The Bertz CT molecular complexity index is 125. The molecule has 2 nitrogen and oxygen atoms in total. The summed E-state index contributed by atoms with van der Waals surface area (Å²) < 4.78 is 0. The van der Waals surface area contributed by atoms with Crippen molar-refractivity contribution >= 4 is 0 Å². The van der Waals surface area contributed by atoms with Crippen molar-refractivity contribution in [3.63, 3.8) is 0 Å². The maximum Gasteiger partial charge on any atom is 0.0570 e. The van der Waals surface area contributed by atoms with Gasteiger partial charge in [-0.3, -0.25) is 0 Å². The summed E-state index contributed by atoms with van der Waals surface area (Å²) in [5.74, 6) is 0.355. The van der Waals surface area contributed by atoms with Gasteiger partial charge in [-0.05, 0) is 31.6 Å². The minimum absolute atomic E-state index is 0.153. The van der Waals surface area contributed by atoms with E-state index in [-0.39, 0.29) is 12.2 Å². The molecule has 2 N–H and O–H groups in total. The molecule has 0 aromatic rings. The molecule has 0 bridgehead atoms. The van der Waals surface area contributed by atoms with E-state index >= 15 is 0 Å². The molecule has 3 atom stereocenters. The van der Waals surface area contributed by atoms with Crippen LogP contribution >= 0.6 is 0 Å². The number of aliphatic hydroxyl groups is 2. The summed E-state index contributed by atoms with van der Waals surface area (Å²) in [5.41, 5.74) is 0. The van der Waals surface area contributed by atoms with Gasteiger partial charge in [-0.25, -0.2) is 0 Å². The quantitative estimate of drug-likeness (QED) is 0.680. The fourth-order valence-electron chi connectivity index (χ4n) is 2.00. The molecule has 1 saturated carbocycles. The first kappa shape index (κ1) is 10.0. The van der Waals surface area contributed by atoms with Gasteiger partial charge in [0.1, 0.15) is 0 Å². The molecule has 2 heteroatoms. The van der Waals surface area contributed by atoms with Crippen LogP contribution in [0.4, 0.5) is 0 Å². The summed E-state index contributed by atoms with van der Waals surface area (Å²) in [7, 11) is 0. The molecule has 0 spiro atoms. The Morgan fingerprint density at radius 3 is 2.67 bits per heavy atom. The molecule has 1 rings (SSSR count). The first-order chi connectivity index (χ1) is 5.74. The van der Waals surface area contributed by atoms with E-state index < -0.39 is 0 Å². The van der Waals surface area contributed by atoms with Gasteiger partial charge in [0.2, 0.25) is 0 Å². The Balaban J connectivity index is 2.28. The van der Waals surface area contributed by atoms with E-state index in [4.69, 9.17) is 0 Å². The van der Waals surface area contributed by atoms with Gasteiger partial charge in [-0.1, -0.05) is 19.8 Å². The Hall–Kier alpha value is -0.0800. The van der Waals surface area contributed by atoms with E-state index in [9.17, 15) is 10.2 Å². The van der Waals surface area contributed by atoms with Crippen molar-refractivity contribution in [3.8, 4) is 0 Å². The van der Waals surface area contributed by atoms with Crippen LogP contribution in [0.25, 0.3) is 0 Å². The summed E-state index contributed by atoms with van der Waals surface area (Å²) >= 11 is 0. The van der Waals surface area contributed by atoms with Crippen LogP contribution in [-0.4, -0.2) is 22.4 Å². The molecule has 0 aliphatic heterocycles.